The molecular formula is C23H26N2O5S. The second-order valence-electron chi connectivity index (χ2n) is 7.83. The molecule has 1 unspecified atom stereocenters. The molecule has 0 spiro atoms. The number of hydrogen-bond donors (Lipinski definition) is 1. The van der Waals surface area contributed by atoms with Crippen LogP contribution >= 0.6 is 0 Å². The van der Waals surface area contributed by atoms with E-state index >= 15 is 0 Å². The van der Waals surface area contributed by atoms with Crippen molar-refractivity contribution in [2.24, 2.45) is 0 Å². The average molecular weight is 443 g/mol. The number of hydrogen-bond acceptors (Lipinski definition) is 5. The molecule has 2 aromatic carbocycles. The predicted octanol–water partition coefficient (Wildman–Crippen LogP) is 2.75. The van der Waals surface area contributed by atoms with Gasteiger partial charge in [-0.1, -0.05) is 18.2 Å². The molecule has 0 saturated carbocycles. The van der Waals surface area contributed by atoms with E-state index in [1.807, 2.05) is 26.0 Å². The van der Waals surface area contributed by atoms with Crippen LogP contribution in [-0.4, -0.2) is 50.2 Å². The number of aromatic nitrogens is 1. The largest absolute Gasteiger partial charge is 0.376 e. The highest BCUT2D eigenvalue weighted by atomic mass is 32.2. The Hall–Kier alpha value is -2.52. The van der Waals surface area contributed by atoms with Gasteiger partial charge in [-0.15, -0.1) is 0 Å². The Morgan fingerprint density at radius 3 is 2.52 bits per heavy atom. The van der Waals surface area contributed by atoms with Crippen molar-refractivity contribution in [3.63, 3.8) is 0 Å². The van der Waals surface area contributed by atoms with Crippen LogP contribution in [0.15, 0.2) is 58.2 Å². The summed E-state index contributed by atoms with van der Waals surface area (Å²) in [6.07, 6.45) is -0.392. The highest BCUT2D eigenvalue weighted by Crippen LogP contribution is 2.21. The standard InChI is InChI=1S/C23H26N2O5S/c1-16-10-18-12-19(23(26)24-22(18)11-17(16)2)13-25(14-20-15-29-8-9-30-20)31(27,28)21-6-4-3-5-7-21/h3-7,10-12,20H,8-9,13-15H2,1-2H3,(H,24,26). The van der Waals surface area contributed by atoms with Crippen molar-refractivity contribution >= 4 is 20.9 Å². The summed E-state index contributed by atoms with van der Waals surface area (Å²) in [5.41, 5.74) is 3.00. The van der Waals surface area contributed by atoms with E-state index in [0.29, 0.717) is 25.4 Å². The lowest BCUT2D eigenvalue weighted by molar-refractivity contribution is -0.0923. The molecule has 164 valence electrons. The first-order valence-corrected chi connectivity index (χ1v) is 11.7. The van der Waals surface area contributed by atoms with Gasteiger partial charge in [-0.2, -0.15) is 4.31 Å². The molecule has 7 nitrogen and oxygen atoms in total. The lowest BCUT2D eigenvalue weighted by Crippen LogP contribution is -2.43. The third kappa shape index (κ3) is 4.72. The highest BCUT2D eigenvalue weighted by molar-refractivity contribution is 7.89. The first kappa shape index (κ1) is 21.7. The summed E-state index contributed by atoms with van der Waals surface area (Å²) in [6.45, 7) is 5.25. The van der Waals surface area contributed by atoms with E-state index in [4.69, 9.17) is 9.47 Å². The Labute approximate surface area is 181 Å². The first-order chi connectivity index (χ1) is 14.8. The Morgan fingerprint density at radius 2 is 1.81 bits per heavy atom. The number of nitrogens with one attached hydrogen (secondary N) is 1. The molecule has 31 heavy (non-hydrogen) atoms. The van der Waals surface area contributed by atoms with Gasteiger partial charge in [0.2, 0.25) is 10.0 Å². The maximum atomic E-state index is 13.4. The summed E-state index contributed by atoms with van der Waals surface area (Å²) in [7, 11) is -3.84. The van der Waals surface area contributed by atoms with Crippen LogP contribution in [0.2, 0.25) is 0 Å². The van der Waals surface area contributed by atoms with Crippen molar-refractivity contribution in [2.75, 3.05) is 26.4 Å². The normalized spacial score (nSPS) is 17.3. The van der Waals surface area contributed by atoms with E-state index in [1.165, 1.54) is 4.31 Å². The topological polar surface area (TPSA) is 88.7 Å². The smallest absolute Gasteiger partial charge is 0.252 e. The van der Waals surface area contributed by atoms with Gasteiger partial charge < -0.3 is 14.5 Å². The third-order valence-electron chi connectivity index (χ3n) is 5.56. The SMILES string of the molecule is Cc1cc2cc(CN(CC3COCCO3)S(=O)(=O)c3ccccc3)c(=O)[nH]c2cc1C. The molecule has 1 aliphatic heterocycles. The Balaban J connectivity index is 1.72. The van der Waals surface area contributed by atoms with Gasteiger partial charge in [-0.25, -0.2) is 8.42 Å². The average Bonchev–Trinajstić information content (AvgIpc) is 2.76. The fraction of sp³-hybridized carbons (Fsp3) is 0.348. The van der Waals surface area contributed by atoms with Crippen LogP contribution in [-0.2, 0) is 26.0 Å². The van der Waals surface area contributed by atoms with Crippen LogP contribution < -0.4 is 5.56 Å². The molecule has 1 aromatic heterocycles. The highest BCUT2D eigenvalue weighted by Gasteiger charge is 2.29. The second kappa shape index (κ2) is 8.92. The Kier molecular flexibility index (Phi) is 6.24. The van der Waals surface area contributed by atoms with E-state index in [1.54, 1.807) is 36.4 Å². The Bertz CT molecular complexity index is 1230. The van der Waals surface area contributed by atoms with Crippen molar-refractivity contribution in [2.45, 2.75) is 31.4 Å². The molecule has 1 aliphatic rings. The number of rotatable bonds is 6. The quantitative estimate of drug-likeness (QED) is 0.634. The first-order valence-electron chi connectivity index (χ1n) is 10.2. The second-order valence-corrected chi connectivity index (χ2v) is 9.76. The van der Waals surface area contributed by atoms with Crippen molar-refractivity contribution in [3.8, 4) is 0 Å². The zero-order valence-corrected chi connectivity index (χ0v) is 18.4. The number of nitrogens with zero attached hydrogens (tertiary/aromatic N) is 1. The van der Waals surface area contributed by atoms with Crippen LogP contribution in [0.25, 0.3) is 10.9 Å². The summed E-state index contributed by atoms with van der Waals surface area (Å²) in [4.78, 5) is 15.9. The summed E-state index contributed by atoms with van der Waals surface area (Å²) >= 11 is 0. The molecule has 1 saturated heterocycles. The molecule has 2 heterocycles. The van der Waals surface area contributed by atoms with Crippen LogP contribution in [0, 0.1) is 13.8 Å². The monoisotopic (exact) mass is 442 g/mol. The van der Waals surface area contributed by atoms with Crippen LogP contribution in [0.4, 0.5) is 0 Å². The van der Waals surface area contributed by atoms with Crippen LogP contribution in [0.3, 0.4) is 0 Å². The number of ether oxygens (including phenoxy) is 2. The minimum absolute atomic E-state index is 0.0602. The van der Waals surface area contributed by atoms with Gasteiger partial charge in [-0.05, 0) is 60.7 Å². The molecule has 3 aromatic rings. The van der Waals surface area contributed by atoms with Gasteiger partial charge in [0.25, 0.3) is 5.56 Å². The maximum absolute atomic E-state index is 13.4. The van der Waals surface area contributed by atoms with Crippen molar-refractivity contribution in [1.82, 2.24) is 9.29 Å². The van der Waals surface area contributed by atoms with Crippen LogP contribution in [0.1, 0.15) is 16.7 Å². The van der Waals surface area contributed by atoms with Crippen molar-refractivity contribution in [1.29, 1.82) is 0 Å². The fourth-order valence-electron chi connectivity index (χ4n) is 3.69. The molecule has 0 aliphatic carbocycles. The molecule has 1 N–H and O–H groups in total. The molecular weight excluding hydrogens is 416 g/mol. The summed E-state index contributed by atoms with van der Waals surface area (Å²) in [6, 6.07) is 13.9. The molecule has 0 bridgehead atoms. The number of aryl methyl sites for hydroxylation is 2. The summed E-state index contributed by atoms with van der Waals surface area (Å²) in [5.74, 6) is 0. The summed E-state index contributed by atoms with van der Waals surface area (Å²) < 4.78 is 39.2. The van der Waals surface area contributed by atoms with E-state index in [9.17, 15) is 13.2 Å². The van der Waals surface area contributed by atoms with Gasteiger partial charge in [0.1, 0.15) is 0 Å². The van der Waals surface area contributed by atoms with Crippen LogP contribution in [0.5, 0.6) is 0 Å². The number of fused-ring (bicyclic) bond motifs is 1. The maximum Gasteiger partial charge on any atom is 0.252 e. The van der Waals surface area contributed by atoms with Gasteiger partial charge in [0.05, 0.1) is 30.8 Å². The third-order valence-corrected chi connectivity index (χ3v) is 7.38. The lowest BCUT2D eigenvalue weighted by Gasteiger charge is -2.29. The van der Waals surface area contributed by atoms with Gasteiger partial charge in [-0.3, -0.25) is 4.79 Å². The lowest BCUT2D eigenvalue weighted by atomic mass is 10.0. The van der Waals surface area contributed by atoms with E-state index in [0.717, 1.165) is 22.0 Å². The molecule has 4 rings (SSSR count). The number of sulfonamides is 1. The van der Waals surface area contributed by atoms with Gasteiger partial charge >= 0.3 is 0 Å². The summed E-state index contributed by atoms with van der Waals surface area (Å²) in [5, 5.41) is 0.868. The Morgan fingerprint density at radius 1 is 1.06 bits per heavy atom. The molecule has 8 heteroatoms. The minimum atomic E-state index is -3.84. The number of H-pyrrole nitrogens is 1. The van der Waals surface area contributed by atoms with E-state index in [-0.39, 0.29) is 23.5 Å². The van der Waals surface area contributed by atoms with Crippen molar-refractivity contribution in [3.05, 3.63) is 75.6 Å². The molecule has 1 fully saturated rings. The zero-order valence-electron chi connectivity index (χ0n) is 17.6. The van der Waals surface area contributed by atoms with E-state index in [2.05, 4.69) is 4.98 Å². The zero-order chi connectivity index (χ0) is 22.0. The molecule has 1 atom stereocenters. The molecule has 0 radical (unpaired) electrons. The van der Waals surface area contributed by atoms with Gasteiger partial charge in [0, 0.05) is 24.2 Å². The van der Waals surface area contributed by atoms with Crippen molar-refractivity contribution < 1.29 is 17.9 Å². The minimum Gasteiger partial charge on any atom is -0.376 e. The fourth-order valence-corrected chi connectivity index (χ4v) is 5.16. The number of aromatic amines is 1. The number of pyridine rings is 1. The predicted molar refractivity (Wildman–Crippen MR) is 119 cm³/mol. The molecule has 0 amide bonds. The van der Waals surface area contributed by atoms with Gasteiger partial charge in [0.15, 0.2) is 0 Å². The van der Waals surface area contributed by atoms with E-state index < -0.39 is 16.1 Å². The number of benzene rings is 2.